The Bertz CT molecular complexity index is 469. The number of esters is 1. The van der Waals surface area contributed by atoms with Crippen molar-refractivity contribution in [3.05, 3.63) is 29.8 Å². The zero-order valence-electron chi connectivity index (χ0n) is 13.4. The molecule has 1 aromatic carbocycles. The Balaban J connectivity index is 1.82. The normalized spacial score (nSPS) is 25.4. The fraction of sp³-hybridized carbons (Fsp3) is 0.611. The number of methoxy groups -OCH3 is 1. The van der Waals surface area contributed by atoms with Gasteiger partial charge in [-0.05, 0) is 54.9 Å². The predicted octanol–water partition coefficient (Wildman–Crippen LogP) is 4.49. The van der Waals surface area contributed by atoms with Crippen molar-refractivity contribution in [2.24, 2.45) is 11.3 Å². The number of ether oxygens (including phenoxy) is 1. The van der Waals surface area contributed by atoms with Crippen molar-refractivity contribution in [2.45, 2.75) is 46.0 Å². The Morgan fingerprint density at radius 3 is 2.71 bits per heavy atom. The van der Waals surface area contributed by atoms with Crippen LogP contribution < -0.4 is 5.32 Å². The highest BCUT2D eigenvalue weighted by Gasteiger charge is 2.29. The minimum atomic E-state index is -0.287. The first kappa shape index (κ1) is 15.9. The van der Waals surface area contributed by atoms with E-state index in [9.17, 15) is 4.79 Å². The molecule has 1 unspecified atom stereocenters. The van der Waals surface area contributed by atoms with Gasteiger partial charge in [-0.3, -0.25) is 0 Å². The molecule has 0 heterocycles. The van der Waals surface area contributed by atoms with E-state index in [4.69, 9.17) is 4.74 Å². The second-order valence-corrected chi connectivity index (χ2v) is 6.76. The molecule has 0 spiro atoms. The van der Waals surface area contributed by atoms with Crippen LogP contribution in [0.15, 0.2) is 24.3 Å². The first-order valence-electron chi connectivity index (χ1n) is 7.95. The van der Waals surface area contributed by atoms with E-state index in [2.05, 4.69) is 19.2 Å². The number of carbonyl (C=O) groups is 1. The minimum Gasteiger partial charge on any atom is -0.465 e. The van der Waals surface area contributed by atoms with Crippen molar-refractivity contribution >= 4 is 11.7 Å². The van der Waals surface area contributed by atoms with Crippen LogP contribution in [0.25, 0.3) is 0 Å². The Morgan fingerprint density at radius 2 is 2.10 bits per heavy atom. The Labute approximate surface area is 128 Å². The van der Waals surface area contributed by atoms with Gasteiger partial charge >= 0.3 is 5.97 Å². The summed E-state index contributed by atoms with van der Waals surface area (Å²) in [6.07, 6.45) is 6.65. The summed E-state index contributed by atoms with van der Waals surface area (Å²) in [7, 11) is 1.40. The molecular weight excluding hydrogens is 262 g/mol. The maximum absolute atomic E-state index is 11.4. The molecule has 0 radical (unpaired) electrons. The highest BCUT2D eigenvalue weighted by atomic mass is 16.5. The summed E-state index contributed by atoms with van der Waals surface area (Å²) in [6.45, 7) is 5.78. The van der Waals surface area contributed by atoms with Crippen LogP contribution in [0.3, 0.4) is 0 Å². The smallest absolute Gasteiger partial charge is 0.337 e. The quantitative estimate of drug-likeness (QED) is 0.812. The number of anilines is 1. The van der Waals surface area contributed by atoms with Gasteiger partial charge in [-0.15, -0.1) is 0 Å². The molecule has 116 valence electrons. The van der Waals surface area contributed by atoms with Crippen LogP contribution in [-0.2, 0) is 4.74 Å². The first-order chi connectivity index (χ1) is 10.0. The summed E-state index contributed by atoms with van der Waals surface area (Å²) in [5, 5.41) is 3.46. The van der Waals surface area contributed by atoms with E-state index in [-0.39, 0.29) is 5.97 Å². The molecule has 21 heavy (non-hydrogen) atoms. The van der Waals surface area contributed by atoms with Crippen LogP contribution >= 0.6 is 0 Å². The Hall–Kier alpha value is -1.51. The van der Waals surface area contributed by atoms with Gasteiger partial charge in [-0.2, -0.15) is 0 Å². The van der Waals surface area contributed by atoms with E-state index in [0.717, 1.165) is 18.2 Å². The van der Waals surface area contributed by atoms with Crippen molar-refractivity contribution in [2.75, 3.05) is 19.0 Å². The van der Waals surface area contributed by atoms with Gasteiger partial charge in [0.2, 0.25) is 0 Å². The predicted molar refractivity (Wildman–Crippen MR) is 86.6 cm³/mol. The van der Waals surface area contributed by atoms with Crippen molar-refractivity contribution in [1.82, 2.24) is 0 Å². The van der Waals surface area contributed by atoms with Gasteiger partial charge in [0.25, 0.3) is 0 Å². The molecule has 1 aliphatic carbocycles. The van der Waals surface area contributed by atoms with Crippen molar-refractivity contribution in [1.29, 1.82) is 0 Å². The molecule has 0 aromatic heterocycles. The van der Waals surface area contributed by atoms with E-state index in [1.807, 2.05) is 12.1 Å². The highest BCUT2D eigenvalue weighted by molar-refractivity contribution is 5.89. The molecule has 0 amide bonds. The van der Waals surface area contributed by atoms with Crippen LogP contribution in [0.5, 0.6) is 0 Å². The molecule has 1 N–H and O–H groups in total. The fourth-order valence-electron chi connectivity index (χ4n) is 3.50. The van der Waals surface area contributed by atoms with Gasteiger partial charge in [-0.1, -0.05) is 26.7 Å². The highest BCUT2D eigenvalue weighted by Crippen LogP contribution is 2.41. The van der Waals surface area contributed by atoms with Crippen molar-refractivity contribution < 1.29 is 9.53 Å². The Morgan fingerprint density at radius 1 is 1.38 bits per heavy atom. The van der Waals surface area contributed by atoms with Crippen molar-refractivity contribution in [3.63, 3.8) is 0 Å². The van der Waals surface area contributed by atoms with Gasteiger partial charge < -0.3 is 10.1 Å². The first-order valence-corrected chi connectivity index (χ1v) is 7.95. The number of nitrogens with one attached hydrogen (secondary N) is 1. The molecule has 0 saturated heterocycles. The van der Waals surface area contributed by atoms with E-state index in [1.165, 1.54) is 39.2 Å². The average molecular weight is 289 g/mol. The van der Waals surface area contributed by atoms with E-state index >= 15 is 0 Å². The van der Waals surface area contributed by atoms with Gasteiger partial charge in [-0.25, -0.2) is 4.79 Å². The van der Waals surface area contributed by atoms with Crippen LogP contribution in [0.4, 0.5) is 5.69 Å². The summed E-state index contributed by atoms with van der Waals surface area (Å²) in [5.41, 5.74) is 2.14. The number of rotatable bonds is 5. The molecule has 1 saturated carbocycles. The lowest BCUT2D eigenvalue weighted by atomic mass is 9.69. The molecule has 0 bridgehead atoms. The SMILES string of the molecule is COC(=O)c1ccc(NCCC2(C)CCC[C@H](C)C2)cc1. The van der Waals surface area contributed by atoms with E-state index < -0.39 is 0 Å². The monoisotopic (exact) mass is 289 g/mol. The van der Waals surface area contributed by atoms with Gasteiger partial charge in [0.05, 0.1) is 12.7 Å². The third kappa shape index (κ3) is 4.48. The number of hydrogen-bond donors (Lipinski definition) is 1. The maximum atomic E-state index is 11.4. The van der Waals surface area contributed by atoms with E-state index in [0.29, 0.717) is 11.0 Å². The zero-order valence-corrected chi connectivity index (χ0v) is 13.4. The number of carbonyl (C=O) groups excluding carboxylic acids is 1. The van der Waals surface area contributed by atoms with Crippen LogP contribution in [-0.4, -0.2) is 19.6 Å². The molecule has 3 nitrogen and oxygen atoms in total. The van der Waals surface area contributed by atoms with Crippen LogP contribution in [0.2, 0.25) is 0 Å². The summed E-state index contributed by atoms with van der Waals surface area (Å²) in [4.78, 5) is 11.4. The lowest BCUT2D eigenvalue weighted by molar-refractivity contribution is 0.0601. The number of hydrogen-bond acceptors (Lipinski definition) is 3. The average Bonchev–Trinajstić information content (AvgIpc) is 2.47. The summed E-state index contributed by atoms with van der Waals surface area (Å²) in [6, 6.07) is 7.49. The fourth-order valence-corrected chi connectivity index (χ4v) is 3.50. The Kier molecular flexibility index (Phi) is 5.27. The van der Waals surface area contributed by atoms with E-state index in [1.54, 1.807) is 12.1 Å². The molecule has 1 fully saturated rings. The molecule has 2 atom stereocenters. The molecule has 0 aliphatic heterocycles. The topological polar surface area (TPSA) is 38.3 Å². The molecular formula is C18H27NO2. The number of benzene rings is 1. The molecule has 1 aromatic rings. The van der Waals surface area contributed by atoms with Gasteiger partial charge in [0, 0.05) is 12.2 Å². The lowest BCUT2D eigenvalue weighted by Gasteiger charge is -2.37. The van der Waals surface area contributed by atoms with Gasteiger partial charge in [0.15, 0.2) is 0 Å². The lowest BCUT2D eigenvalue weighted by Crippen LogP contribution is -2.27. The third-order valence-corrected chi connectivity index (χ3v) is 4.68. The standard InChI is InChI=1S/C18H27NO2/c1-14-5-4-10-18(2,13-14)11-12-19-16-8-6-15(7-9-16)17(20)21-3/h6-9,14,19H,4-5,10-13H2,1-3H3/t14-,18?/m0/s1. The van der Waals surface area contributed by atoms with Crippen LogP contribution in [0.1, 0.15) is 56.3 Å². The summed E-state index contributed by atoms with van der Waals surface area (Å²) >= 11 is 0. The van der Waals surface area contributed by atoms with Gasteiger partial charge in [0.1, 0.15) is 0 Å². The molecule has 3 heteroatoms. The van der Waals surface area contributed by atoms with Crippen molar-refractivity contribution in [3.8, 4) is 0 Å². The zero-order chi connectivity index (χ0) is 15.3. The summed E-state index contributed by atoms with van der Waals surface area (Å²) < 4.78 is 4.70. The largest absolute Gasteiger partial charge is 0.465 e. The second kappa shape index (κ2) is 6.97. The summed E-state index contributed by atoms with van der Waals surface area (Å²) in [5.74, 6) is 0.577. The van der Waals surface area contributed by atoms with Crippen LogP contribution in [0, 0.1) is 11.3 Å². The molecule has 2 rings (SSSR count). The molecule has 1 aliphatic rings. The third-order valence-electron chi connectivity index (χ3n) is 4.68. The minimum absolute atomic E-state index is 0.287. The maximum Gasteiger partial charge on any atom is 0.337 e. The second-order valence-electron chi connectivity index (χ2n) is 6.76.